The maximum absolute atomic E-state index is 3.64. The Hall–Kier alpha value is -0.0800. The van der Waals surface area contributed by atoms with Crippen LogP contribution in [0.3, 0.4) is 0 Å². The summed E-state index contributed by atoms with van der Waals surface area (Å²) in [6.07, 6.45) is 6.97. The molecule has 1 saturated carbocycles. The van der Waals surface area contributed by atoms with Crippen molar-refractivity contribution < 1.29 is 0 Å². The number of nitrogens with zero attached hydrogens (tertiary/aromatic N) is 1. The quantitative estimate of drug-likeness (QED) is 0.701. The van der Waals surface area contributed by atoms with Crippen LogP contribution < -0.4 is 5.32 Å². The Morgan fingerprint density at radius 3 is 2.62 bits per heavy atom. The third-order valence-electron chi connectivity index (χ3n) is 4.08. The van der Waals surface area contributed by atoms with Gasteiger partial charge in [-0.1, -0.05) is 26.7 Å². The van der Waals surface area contributed by atoms with Gasteiger partial charge in [-0.3, -0.25) is 0 Å². The van der Waals surface area contributed by atoms with Gasteiger partial charge in [0.2, 0.25) is 0 Å². The summed E-state index contributed by atoms with van der Waals surface area (Å²) < 4.78 is 0. The van der Waals surface area contributed by atoms with Gasteiger partial charge >= 0.3 is 0 Å². The van der Waals surface area contributed by atoms with Crippen LogP contribution in [0.5, 0.6) is 0 Å². The highest BCUT2D eigenvalue weighted by atomic mass is 15.1. The molecular weight excluding hydrogens is 196 g/mol. The molecule has 1 aliphatic carbocycles. The van der Waals surface area contributed by atoms with E-state index in [9.17, 15) is 0 Å². The maximum Gasteiger partial charge on any atom is -0.00127 e. The lowest BCUT2D eigenvalue weighted by Crippen LogP contribution is -2.36. The highest BCUT2D eigenvalue weighted by molar-refractivity contribution is 4.83. The molecule has 0 saturated heterocycles. The Bertz CT molecular complexity index is 187. The van der Waals surface area contributed by atoms with Gasteiger partial charge in [-0.15, -0.1) is 0 Å². The van der Waals surface area contributed by atoms with Gasteiger partial charge in [-0.05, 0) is 64.3 Å². The van der Waals surface area contributed by atoms with E-state index in [4.69, 9.17) is 0 Å². The van der Waals surface area contributed by atoms with Gasteiger partial charge in [0, 0.05) is 0 Å². The molecule has 0 bridgehead atoms. The predicted molar refractivity (Wildman–Crippen MR) is 71.8 cm³/mol. The lowest BCUT2D eigenvalue weighted by molar-refractivity contribution is 0.135. The molecule has 0 heterocycles. The van der Waals surface area contributed by atoms with Gasteiger partial charge < -0.3 is 10.2 Å². The molecule has 1 atom stereocenters. The van der Waals surface area contributed by atoms with Crippen molar-refractivity contribution in [2.24, 2.45) is 11.3 Å². The van der Waals surface area contributed by atoms with Crippen molar-refractivity contribution in [2.45, 2.75) is 46.0 Å². The zero-order valence-corrected chi connectivity index (χ0v) is 11.7. The first-order valence-electron chi connectivity index (χ1n) is 6.88. The number of rotatable bonds is 6. The van der Waals surface area contributed by atoms with Gasteiger partial charge in [-0.2, -0.15) is 0 Å². The fraction of sp³-hybridized carbons (Fsp3) is 1.00. The molecule has 0 radical (unpaired) electrons. The highest BCUT2D eigenvalue weighted by Crippen LogP contribution is 2.39. The molecule has 1 aliphatic rings. The Morgan fingerprint density at radius 1 is 1.25 bits per heavy atom. The van der Waals surface area contributed by atoms with E-state index >= 15 is 0 Å². The summed E-state index contributed by atoms with van der Waals surface area (Å²) in [6.45, 7) is 8.48. The summed E-state index contributed by atoms with van der Waals surface area (Å²) in [5.74, 6) is 0.889. The summed E-state index contributed by atoms with van der Waals surface area (Å²) in [6, 6.07) is 0. The Kier molecular flexibility index (Phi) is 5.77. The van der Waals surface area contributed by atoms with E-state index in [1.807, 2.05) is 0 Å². The van der Waals surface area contributed by atoms with Gasteiger partial charge in [0.05, 0.1) is 0 Å². The number of hydrogen-bond donors (Lipinski definition) is 1. The van der Waals surface area contributed by atoms with Crippen LogP contribution in [0.4, 0.5) is 0 Å². The van der Waals surface area contributed by atoms with Crippen LogP contribution in [0.2, 0.25) is 0 Å². The van der Waals surface area contributed by atoms with Gasteiger partial charge in [0.1, 0.15) is 0 Å². The minimum Gasteiger partial charge on any atom is -0.316 e. The molecule has 1 fully saturated rings. The molecule has 2 heteroatoms. The van der Waals surface area contributed by atoms with Gasteiger partial charge in [-0.25, -0.2) is 0 Å². The predicted octanol–water partition coefficient (Wildman–Crippen LogP) is 2.74. The van der Waals surface area contributed by atoms with Crippen LogP contribution in [0.15, 0.2) is 0 Å². The lowest BCUT2D eigenvalue weighted by Gasteiger charge is -2.39. The molecule has 1 N–H and O–H groups in total. The Labute approximate surface area is 102 Å². The molecule has 0 aromatic carbocycles. The molecule has 0 amide bonds. The fourth-order valence-corrected chi connectivity index (χ4v) is 2.74. The van der Waals surface area contributed by atoms with E-state index in [1.165, 1.54) is 51.7 Å². The zero-order chi connectivity index (χ0) is 12.0. The molecule has 0 spiro atoms. The summed E-state index contributed by atoms with van der Waals surface area (Å²) in [5.41, 5.74) is 0.562. The van der Waals surface area contributed by atoms with Crippen molar-refractivity contribution in [2.75, 3.05) is 33.7 Å². The maximum atomic E-state index is 3.64. The van der Waals surface area contributed by atoms with Gasteiger partial charge in [0.15, 0.2) is 0 Å². The standard InChI is InChI=1S/C14H30N2/c1-14(2)9-6-5-8-13(14)12-15-10-7-11-16(3)4/h13,15H,5-12H2,1-4H3. The highest BCUT2D eigenvalue weighted by Gasteiger charge is 2.31. The summed E-state index contributed by atoms with van der Waals surface area (Å²) >= 11 is 0. The molecule has 1 rings (SSSR count). The van der Waals surface area contributed by atoms with Crippen LogP contribution >= 0.6 is 0 Å². The average Bonchev–Trinajstić information content (AvgIpc) is 2.19. The first-order chi connectivity index (χ1) is 7.52. The first kappa shape index (κ1) is 14.0. The van der Waals surface area contributed by atoms with Crippen molar-refractivity contribution in [1.82, 2.24) is 10.2 Å². The summed E-state index contributed by atoms with van der Waals surface area (Å²) in [4.78, 5) is 2.26. The summed E-state index contributed by atoms with van der Waals surface area (Å²) in [7, 11) is 4.29. The van der Waals surface area contributed by atoms with E-state index in [0.717, 1.165) is 5.92 Å². The Morgan fingerprint density at radius 2 is 2.00 bits per heavy atom. The molecule has 0 aliphatic heterocycles. The van der Waals surface area contributed by atoms with Crippen molar-refractivity contribution in [3.63, 3.8) is 0 Å². The smallest absolute Gasteiger partial charge is 0.00127 e. The van der Waals surface area contributed by atoms with E-state index < -0.39 is 0 Å². The van der Waals surface area contributed by atoms with Crippen molar-refractivity contribution in [3.8, 4) is 0 Å². The average molecular weight is 226 g/mol. The van der Waals surface area contributed by atoms with E-state index in [0.29, 0.717) is 5.41 Å². The Balaban J connectivity index is 2.11. The topological polar surface area (TPSA) is 15.3 Å². The number of nitrogens with one attached hydrogen (secondary N) is 1. The third-order valence-corrected chi connectivity index (χ3v) is 4.08. The van der Waals surface area contributed by atoms with Crippen LogP contribution in [0.1, 0.15) is 46.0 Å². The second kappa shape index (κ2) is 6.61. The lowest BCUT2D eigenvalue weighted by atomic mass is 9.69. The molecule has 16 heavy (non-hydrogen) atoms. The third kappa shape index (κ3) is 4.84. The molecule has 1 unspecified atom stereocenters. The van der Waals surface area contributed by atoms with E-state index in [1.54, 1.807) is 0 Å². The molecule has 0 aromatic heterocycles. The first-order valence-corrected chi connectivity index (χ1v) is 6.88. The minimum absolute atomic E-state index is 0.562. The SMILES string of the molecule is CN(C)CCCNCC1CCCCC1(C)C. The molecular formula is C14H30N2. The van der Waals surface area contributed by atoms with Crippen molar-refractivity contribution >= 4 is 0 Å². The fourth-order valence-electron chi connectivity index (χ4n) is 2.74. The van der Waals surface area contributed by atoms with Crippen molar-refractivity contribution in [3.05, 3.63) is 0 Å². The van der Waals surface area contributed by atoms with Crippen LogP contribution in [0.25, 0.3) is 0 Å². The van der Waals surface area contributed by atoms with E-state index in [-0.39, 0.29) is 0 Å². The summed E-state index contributed by atoms with van der Waals surface area (Å²) in [5, 5.41) is 3.64. The monoisotopic (exact) mass is 226 g/mol. The largest absolute Gasteiger partial charge is 0.316 e. The van der Waals surface area contributed by atoms with Crippen LogP contribution in [-0.2, 0) is 0 Å². The zero-order valence-electron chi connectivity index (χ0n) is 11.7. The van der Waals surface area contributed by atoms with Crippen LogP contribution in [0, 0.1) is 11.3 Å². The minimum atomic E-state index is 0.562. The second-order valence-electron chi connectivity index (χ2n) is 6.29. The van der Waals surface area contributed by atoms with E-state index in [2.05, 4.69) is 38.2 Å². The number of hydrogen-bond acceptors (Lipinski definition) is 2. The van der Waals surface area contributed by atoms with Crippen molar-refractivity contribution in [1.29, 1.82) is 0 Å². The molecule has 96 valence electrons. The van der Waals surface area contributed by atoms with Crippen LogP contribution in [-0.4, -0.2) is 38.6 Å². The molecule has 0 aromatic rings. The normalized spacial score (nSPS) is 24.9. The molecule has 2 nitrogen and oxygen atoms in total. The second-order valence-corrected chi connectivity index (χ2v) is 6.29. The van der Waals surface area contributed by atoms with Gasteiger partial charge in [0.25, 0.3) is 0 Å².